The monoisotopic (exact) mass is 592 g/mol. The Morgan fingerprint density at radius 3 is 2.31 bits per heavy atom. The predicted molar refractivity (Wildman–Crippen MR) is 143 cm³/mol. The number of amides is 3. The summed E-state index contributed by atoms with van der Waals surface area (Å²) in [6, 6.07) is 16.4. The predicted octanol–water partition coefficient (Wildman–Crippen LogP) is 6.63. The van der Waals surface area contributed by atoms with Gasteiger partial charge < -0.3 is 10.6 Å². The number of benzene rings is 3. The first-order valence-corrected chi connectivity index (χ1v) is 12.0. The van der Waals surface area contributed by atoms with Gasteiger partial charge in [-0.15, -0.1) is 0 Å². The highest BCUT2D eigenvalue weighted by molar-refractivity contribution is 9.10. The van der Waals surface area contributed by atoms with Crippen molar-refractivity contribution in [2.45, 2.75) is 6.92 Å². The van der Waals surface area contributed by atoms with E-state index in [0.29, 0.717) is 26.6 Å². The average Bonchev–Trinajstić information content (AvgIpc) is 3.15. The van der Waals surface area contributed by atoms with Gasteiger partial charge in [-0.1, -0.05) is 56.8 Å². The molecule has 0 aliphatic rings. The van der Waals surface area contributed by atoms with Gasteiger partial charge in [0.15, 0.2) is 0 Å². The van der Waals surface area contributed by atoms with Crippen molar-refractivity contribution in [2.24, 2.45) is 0 Å². The van der Waals surface area contributed by atoms with Gasteiger partial charge in [0.25, 0.3) is 5.91 Å². The topological polar surface area (TPSA) is 92.2 Å². The van der Waals surface area contributed by atoms with Crippen LogP contribution in [0.25, 0.3) is 10.9 Å². The zero-order chi connectivity index (χ0) is 25.3. The summed E-state index contributed by atoms with van der Waals surface area (Å²) in [4.78, 5) is 38.4. The number of carbonyl (C=O) groups excluding carboxylic acids is 3. The minimum absolute atomic E-state index is 0.0977. The second-order valence-electron chi connectivity index (χ2n) is 7.51. The van der Waals surface area contributed by atoms with E-state index in [1.165, 1.54) is 22.9 Å². The summed E-state index contributed by atoms with van der Waals surface area (Å²) in [5, 5.41) is 6.90. The van der Waals surface area contributed by atoms with Crippen LogP contribution in [0.5, 0.6) is 0 Å². The summed E-state index contributed by atoms with van der Waals surface area (Å²) >= 11 is 21.5. The molecule has 0 spiro atoms. The van der Waals surface area contributed by atoms with Crippen molar-refractivity contribution < 1.29 is 14.4 Å². The van der Waals surface area contributed by atoms with Crippen molar-refractivity contribution in [2.75, 3.05) is 16.1 Å². The van der Waals surface area contributed by atoms with E-state index in [1.54, 1.807) is 42.5 Å². The molecule has 1 aromatic heterocycles. The molecule has 4 rings (SSSR count). The second-order valence-corrected chi connectivity index (χ2v) is 9.67. The normalized spacial score (nSPS) is 10.8. The Balaban J connectivity index is 1.63. The zero-order valence-electron chi connectivity index (χ0n) is 18.0. The third-order valence-electron chi connectivity index (χ3n) is 5.02. The third-order valence-corrected chi connectivity index (χ3v) is 6.47. The van der Waals surface area contributed by atoms with E-state index < -0.39 is 17.7 Å². The van der Waals surface area contributed by atoms with E-state index in [0.717, 1.165) is 10.0 Å². The Labute approximate surface area is 223 Å². The second kappa shape index (κ2) is 10.3. The smallest absolute Gasteiger partial charge is 0.321 e. The Kier molecular flexibility index (Phi) is 7.37. The van der Waals surface area contributed by atoms with E-state index >= 15 is 0 Å². The minimum Gasteiger partial charge on any atom is -0.321 e. The number of nitrogens with one attached hydrogen (secondary N) is 3. The van der Waals surface area contributed by atoms with Gasteiger partial charge in [-0.2, -0.15) is 0 Å². The fourth-order valence-corrected chi connectivity index (χ4v) is 4.28. The summed E-state index contributed by atoms with van der Waals surface area (Å²) in [5.41, 5.74) is 4.64. The SMILES string of the molecule is Cc1ccc(NC(=O)c2cc3cc(Br)ccc3n2NC(=O)C(=O)Nc2ccc(Cl)cc2Cl)cc1Cl. The largest absolute Gasteiger partial charge is 0.328 e. The molecule has 0 bridgehead atoms. The molecule has 0 atom stereocenters. The van der Waals surface area contributed by atoms with Gasteiger partial charge in [0.2, 0.25) is 0 Å². The Bertz CT molecular complexity index is 1500. The maximum Gasteiger partial charge on any atom is 0.328 e. The lowest BCUT2D eigenvalue weighted by Gasteiger charge is -2.13. The maximum absolute atomic E-state index is 13.1. The van der Waals surface area contributed by atoms with E-state index in [2.05, 4.69) is 32.0 Å². The number of rotatable bonds is 4. The van der Waals surface area contributed by atoms with Gasteiger partial charge >= 0.3 is 11.8 Å². The standard InChI is InChI=1S/C24H16BrCl3N4O3/c1-12-2-5-16(11-17(12)27)29-22(33)21-9-13-8-14(25)3-7-20(13)32(21)31-24(35)23(34)30-19-6-4-15(26)10-18(19)28/h2-11H,1H3,(H,29,33)(H,30,34)(H,31,35). The van der Waals surface area contributed by atoms with Gasteiger partial charge in [0, 0.05) is 25.6 Å². The van der Waals surface area contributed by atoms with Gasteiger partial charge in [-0.05, 0) is 67.1 Å². The Morgan fingerprint density at radius 2 is 1.60 bits per heavy atom. The van der Waals surface area contributed by atoms with Crippen LogP contribution in [0.1, 0.15) is 16.1 Å². The molecule has 0 unspecified atom stereocenters. The third kappa shape index (κ3) is 5.62. The fourth-order valence-electron chi connectivity index (χ4n) is 3.26. The molecule has 4 aromatic rings. The molecule has 35 heavy (non-hydrogen) atoms. The number of nitrogens with zero attached hydrogens (tertiary/aromatic N) is 1. The minimum atomic E-state index is -1.01. The fraction of sp³-hybridized carbons (Fsp3) is 0.0417. The van der Waals surface area contributed by atoms with Gasteiger partial charge in [-0.25, -0.2) is 4.68 Å². The molecule has 0 saturated heterocycles. The molecule has 3 amide bonds. The van der Waals surface area contributed by atoms with Crippen molar-refractivity contribution in [1.29, 1.82) is 0 Å². The summed E-state index contributed by atoms with van der Waals surface area (Å²) in [6.45, 7) is 1.85. The molecular formula is C24H16BrCl3N4O3. The molecule has 0 aliphatic carbocycles. The molecule has 7 nitrogen and oxygen atoms in total. The maximum atomic E-state index is 13.1. The highest BCUT2D eigenvalue weighted by Gasteiger charge is 2.22. The summed E-state index contributed by atoms with van der Waals surface area (Å²) < 4.78 is 2.03. The number of aryl methyl sites for hydroxylation is 1. The molecule has 0 fully saturated rings. The Morgan fingerprint density at radius 1 is 0.829 bits per heavy atom. The lowest BCUT2D eigenvalue weighted by atomic mass is 10.2. The van der Waals surface area contributed by atoms with Crippen LogP contribution in [-0.2, 0) is 9.59 Å². The molecule has 178 valence electrons. The van der Waals surface area contributed by atoms with Crippen molar-refractivity contribution in [3.8, 4) is 0 Å². The lowest BCUT2D eigenvalue weighted by Crippen LogP contribution is -2.36. The highest BCUT2D eigenvalue weighted by Crippen LogP contribution is 2.27. The molecule has 11 heteroatoms. The molecule has 0 aliphatic heterocycles. The summed E-state index contributed by atoms with van der Waals surface area (Å²) in [5.74, 6) is -2.51. The van der Waals surface area contributed by atoms with Crippen LogP contribution in [0.3, 0.4) is 0 Å². The van der Waals surface area contributed by atoms with Gasteiger partial charge in [-0.3, -0.25) is 19.8 Å². The number of hydrogen-bond acceptors (Lipinski definition) is 3. The molecule has 0 radical (unpaired) electrons. The number of hydrogen-bond donors (Lipinski definition) is 3. The van der Waals surface area contributed by atoms with Crippen LogP contribution < -0.4 is 16.1 Å². The quantitative estimate of drug-likeness (QED) is 0.232. The number of anilines is 2. The van der Waals surface area contributed by atoms with Crippen LogP contribution >= 0.6 is 50.7 Å². The Hall–Kier alpha value is -3.04. The first kappa shape index (κ1) is 25.1. The lowest BCUT2D eigenvalue weighted by molar-refractivity contribution is -0.133. The van der Waals surface area contributed by atoms with Crippen LogP contribution in [0.4, 0.5) is 11.4 Å². The molecular weight excluding hydrogens is 579 g/mol. The molecule has 3 aromatic carbocycles. The summed E-state index contributed by atoms with van der Waals surface area (Å²) in [6.07, 6.45) is 0. The van der Waals surface area contributed by atoms with Crippen molar-refractivity contribution in [3.05, 3.63) is 91.5 Å². The number of halogens is 4. The number of carbonyl (C=O) groups is 3. The molecule has 0 saturated carbocycles. The van der Waals surface area contributed by atoms with Crippen LogP contribution in [0.2, 0.25) is 15.1 Å². The first-order chi connectivity index (χ1) is 16.6. The average molecular weight is 595 g/mol. The van der Waals surface area contributed by atoms with Crippen LogP contribution in [0.15, 0.2) is 65.1 Å². The van der Waals surface area contributed by atoms with Crippen molar-refractivity contribution in [3.63, 3.8) is 0 Å². The van der Waals surface area contributed by atoms with Crippen LogP contribution in [-0.4, -0.2) is 22.4 Å². The first-order valence-electron chi connectivity index (χ1n) is 10.1. The highest BCUT2D eigenvalue weighted by atomic mass is 79.9. The van der Waals surface area contributed by atoms with Gasteiger partial charge in [0.1, 0.15) is 5.69 Å². The van der Waals surface area contributed by atoms with Gasteiger partial charge in [0.05, 0.1) is 16.2 Å². The number of fused-ring (bicyclic) bond motifs is 1. The molecule has 1 heterocycles. The van der Waals surface area contributed by atoms with E-state index in [-0.39, 0.29) is 16.4 Å². The van der Waals surface area contributed by atoms with E-state index in [1.807, 2.05) is 6.92 Å². The van der Waals surface area contributed by atoms with Crippen LogP contribution in [0, 0.1) is 6.92 Å². The zero-order valence-corrected chi connectivity index (χ0v) is 21.8. The number of aromatic nitrogens is 1. The van der Waals surface area contributed by atoms with E-state index in [4.69, 9.17) is 34.8 Å². The van der Waals surface area contributed by atoms with Crippen molar-refractivity contribution in [1.82, 2.24) is 4.68 Å². The summed E-state index contributed by atoms with van der Waals surface area (Å²) in [7, 11) is 0. The van der Waals surface area contributed by atoms with Crippen molar-refractivity contribution >= 4 is 90.7 Å². The van der Waals surface area contributed by atoms with E-state index in [9.17, 15) is 14.4 Å². The molecule has 3 N–H and O–H groups in total.